The molecule has 76 valence electrons. The number of nitrogens with one attached hydrogen (secondary N) is 1. The van der Waals surface area contributed by atoms with Crippen LogP contribution in [-0.2, 0) is 6.73 Å². The lowest BCUT2D eigenvalue weighted by Crippen LogP contribution is -2.01. The van der Waals surface area contributed by atoms with E-state index in [-0.39, 0.29) is 6.73 Å². The second-order valence-corrected chi connectivity index (χ2v) is 4.11. The highest BCUT2D eigenvalue weighted by Gasteiger charge is 2.08. The monoisotopic (exact) mass is 211 g/mol. The number of rotatable bonds is 3. The van der Waals surface area contributed by atoms with Crippen LogP contribution < -0.4 is 11.1 Å². The van der Waals surface area contributed by atoms with Gasteiger partial charge in [-0.2, -0.15) is 0 Å². The topological polar surface area (TPSA) is 63.2 Å². The number of aliphatic hydroxyl groups is 1. The molecule has 0 saturated carbocycles. The molecule has 4 N–H and O–H groups in total. The van der Waals surface area contributed by atoms with Crippen molar-refractivity contribution in [2.24, 2.45) is 0 Å². The summed E-state index contributed by atoms with van der Waals surface area (Å²) in [5.41, 5.74) is 6.71. The van der Waals surface area contributed by atoms with Crippen LogP contribution in [0.5, 0.6) is 0 Å². The first-order valence-corrected chi connectivity index (χ1v) is 5.31. The second-order valence-electron chi connectivity index (χ2n) is 3.03. The number of aromatic nitrogens is 1. The van der Waals surface area contributed by atoms with Gasteiger partial charge in [-0.05, 0) is 19.1 Å². The van der Waals surface area contributed by atoms with Crippen LogP contribution in [0.25, 0.3) is 10.2 Å². The normalized spacial score (nSPS) is 11.0. The molecule has 0 fully saturated rings. The number of hydrogen-bond acceptors (Lipinski definition) is 4. The summed E-state index contributed by atoms with van der Waals surface area (Å²) < 4.78 is 2.79. The summed E-state index contributed by atoms with van der Waals surface area (Å²) in [4.78, 5) is 0. The Labute approximate surface area is 86.0 Å². The number of hydrogen-bond donors (Lipinski definition) is 3. The Balaban J connectivity index is 2.51. The maximum Gasteiger partial charge on any atom is 0.121 e. The fourth-order valence-electron chi connectivity index (χ4n) is 1.48. The number of fused-ring (bicyclic) bond motifs is 1. The van der Waals surface area contributed by atoms with Gasteiger partial charge in [0, 0.05) is 6.54 Å². The van der Waals surface area contributed by atoms with E-state index in [1.165, 1.54) is 0 Å². The maximum atomic E-state index is 9.11. The number of nitrogens with zero attached hydrogens (tertiary/aromatic N) is 1. The smallest absolute Gasteiger partial charge is 0.121 e. The molecule has 0 unspecified atom stereocenters. The van der Waals surface area contributed by atoms with Crippen molar-refractivity contribution < 1.29 is 5.11 Å². The van der Waals surface area contributed by atoms with Crippen molar-refractivity contribution in [1.29, 1.82) is 0 Å². The molecule has 0 aliphatic heterocycles. The van der Waals surface area contributed by atoms with E-state index in [9.17, 15) is 0 Å². The van der Waals surface area contributed by atoms with Gasteiger partial charge in [-0.15, -0.1) is 11.3 Å². The van der Waals surface area contributed by atoms with E-state index >= 15 is 0 Å². The molecule has 5 heteroatoms. The second kappa shape index (κ2) is 3.51. The van der Waals surface area contributed by atoms with E-state index < -0.39 is 0 Å². The number of nitrogen functional groups attached to an aromatic ring is 1. The molecule has 14 heavy (non-hydrogen) atoms. The Morgan fingerprint density at radius 2 is 2.36 bits per heavy atom. The molecule has 0 aromatic carbocycles. The molecule has 0 saturated heterocycles. The zero-order chi connectivity index (χ0) is 10.1. The molecule has 0 aliphatic carbocycles. The van der Waals surface area contributed by atoms with Gasteiger partial charge in [0.15, 0.2) is 0 Å². The molecular weight excluding hydrogens is 198 g/mol. The minimum atomic E-state index is -0.0718. The molecule has 0 atom stereocenters. The van der Waals surface area contributed by atoms with Crippen molar-refractivity contribution in [1.82, 2.24) is 4.57 Å². The highest BCUT2D eigenvalue weighted by Crippen LogP contribution is 2.33. The quantitative estimate of drug-likeness (QED) is 0.723. The Morgan fingerprint density at radius 1 is 1.57 bits per heavy atom. The van der Waals surface area contributed by atoms with E-state index in [0.29, 0.717) is 5.82 Å². The summed E-state index contributed by atoms with van der Waals surface area (Å²) >= 11 is 1.65. The predicted molar refractivity (Wildman–Crippen MR) is 60.6 cm³/mol. The lowest BCUT2D eigenvalue weighted by Gasteiger charge is -2.00. The molecular formula is C9H13N3OS. The fourth-order valence-corrected chi connectivity index (χ4v) is 2.56. The number of anilines is 2. The summed E-state index contributed by atoms with van der Waals surface area (Å²) in [7, 11) is 0. The first-order valence-electron chi connectivity index (χ1n) is 4.49. The largest absolute Gasteiger partial charge is 0.385 e. The first-order chi connectivity index (χ1) is 6.76. The van der Waals surface area contributed by atoms with Crippen molar-refractivity contribution in [2.75, 3.05) is 17.6 Å². The number of aliphatic hydroxyl groups excluding tert-OH is 1. The van der Waals surface area contributed by atoms with Crippen molar-refractivity contribution in [3.63, 3.8) is 0 Å². The summed E-state index contributed by atoms with van der Waals surface area (Å²) in [5, 5.41) is 13.5. The average Bonchev–Trinajstić information content (AvgIpc) is 2.61. The molecule has 0 aliphatic rings. The Bertz CT molecular complexity index is 446. The SMILES string of the molecule is CCNc1cc2c(cc(N)n2CO)s1. The summed E-state index contributed by atoms with van der Waals surface area (Å²) in [5.74, 6) is 0.608. The van der Waals surface area contributed by atoms with Gasteiger partial charge in [-0.1, -0.05) is 0 Å². The van der Waals surface area contributed by atoms with Crippen molar-refractivity contribution in [3.8, 4) is 0 Å². The van der Waals surface area contributed by atoms with Gasteiger partial charge in [0.1, 0.15) is 12.5 Å². The Kier molecular flexibility index (Phi) is 2.35. The predicted octanol–water partition coefficient (Wildman–Crippen LogP) is 1.67. The molecule has 2 rings (SSSR count). The lowest BCUT2D eigenvalue weighted by atomic mass is 10.5. The standard InChI is InChI=1S/C9H13N3OS/c1-2-11-9-3-6-7(14-9)4-8(10)12(6)5-13/h3-4,11,13H,2,5,10H2,1H3. The van der Waals surface area contributed by atoms with Crippen LogP contribution in [0, 0.1) is 0 Å². The third-order valence-electron chi connectivity index (χ3n) is 2.11. The molecule has 2 heterocycles. The summed E-state index contributed by atoms with van der Waals surface area (Å²) in [6, 6.07) is 3.90. The molecule has 2 aromatic rings. The fraction of sp³-hybridized carbons (Fsp3) is 0.333. The number of nitrogens with two attached hydrogens (primary N) is 1. The first kappa shape index (κ1) is 9.36. The maximum absolute atomic E-state index is 9.11. The molecule has 0 bridgehead atoms. The van der Waals surface area contributed by atoms with Crippen LogP contribution in [0.4, 0.5) is 10.8 Å². The van der Waals surface area contributed by atoms with Gasteiger partial charge < -0.3 is 20.7 Å². The molecule has 0 amide bonds. The lowest BCUT2D eigenvalue weighted by molar-refractivity contribution is 0.218. The van der Waals surface area contributed by atoms with Crippen LogP contribution in [0.15, 0.2) is 12.1 Å². The zero-order valence-electron chi connectivity index (χ0n) is 7.95. The van der Waals surface area contributed by atoms with Crippen LogP contribution in [0.1, 0.15) is 6.92 Å². The van der Waals surface area contributed by atoms with Crippen molar-refractivity contribution in [2.45, 2.75) is 13.7 Å². The van der Waals surface area contributed by atoms with E-state index in [2.05, 4.69) is 12.2 Å². The Hall–Kier alpha value is -1.20. The van der Waals surface area contributed by atoms with E-state index in [0.717, 1.165) is 21.8 Å². The van der Waals surface area contributed by atoms with Crippen LogP contribution in [0.3, 0.4) is 0 Å². The van der Waals surface area contributed by atoms with Crippen LogP contribution in [-0.4, -0.2) is 16.2 Å². The third-order valence-corrected chi connectivity index (χ3v) is 3.14. The van der Waals surface area contributed by atoms with E-state index in [1.807, 2.05) is 12.1 Å². The average molecular weight is 211 g/mol. The van der Waals surface area contributed by atoms with Gasteiger partial charge in [0.2, 0.25) is 0 Å². The van der Waals surface area contributed by atoms with Crippen molar-refractivity contribution >= 4 is 32.4 Å². The highest BCUT2D eigenvalue weighted by atomic mass is 32.1. The van der Waals surface area contributed by atoms with Gasteiger partial charge in [0.05, 0.1) is 15.2 Å². The van der Waals surface area contributed by atoms with E-state index in [4.69, 9.17) is 10.8 Å². The molecule has 0 radical (unpaired) electrons. The van der Waals surface area contributed by atoms with Gasteiger partial charge in [0.25, 0.3) is 0 Å². The highest BCUT2D eigenvalue weighted by molar-refractivity contribution is 7.22. The molecule has 4 nitrogen and oxygen atoms in total. The van der Waals surface area contributed by atoms with Crippen LogP contribution in [0.2, 0.25) is 0 Å². The summed E-state index contributed by atoms with van der Waals surface area (Å²) in [6.45, 7) is 2.88. The Morgan fingerprint density at radius 3 is 3.00 bits per heavy atom. The van der Waals surface area contributed by atoms with E-state index in [1.54, 1.807) is 15.9 Å². The minimum absolute atomic E-state index is 0.0718. The number of thiophene rings is 1. The molecule has 2 aromatic heterocycles. The van der Waals surface area contributed by atoms with Gasteiger partial charge in [-0.25, -0.2) is 0 Å². The zero-order valence-corrected chi connectivity index (χ0v) is 8.77. The van der Waals surface area contributed by atoms with Crippen molar-refractivity contribution in [3.05, 3.63) is 12.1 Å². The summed E-state index contributed by atoms with van der Waals surface area (Å²) in [6.07, 6.45) is 0. The minimum Gasteiger partial charge on any atom is -0.385 e. The van der Waals surface area contributed by atoms with Gasteiger partial charge in [-0.3, -0.25) is 0 Å². The molecule has 0 spiro atoms. The third kappa shape index (κ3) is 1.34. The van der Waals surface area contributed by atoms with Gasteiger partial charge >= 0.3 is 0 Å². The van der Waals surface area contributed by atoms with Crippen LogP contribution >= 0.6 is 11.3 Å².